The lowest BCUT2D eigenvalue weighted by Crippen LogP contribution is -2.25. The Labute approximate surface area is 98.1 Å². The molecule has 1 atom stereocenters. The second-order valence-corrected chi connectivity index (χ2v) is 4.66. The summed E-state index contributed by atoms with van der Waals surface area (Å²) in [5.41, 5.74) is 0.652. The third-order valence-corrected chi connectivity index (χ3v) is 3.22. The molecular formula is C14H12O3. The number of benzene rings is 1. The fourth-order valence-corrected chi connectivity index (χ4v) is 2.42. The molecule has 0 amide bonds. The van der Waals surface area contributed by atoms with Gasteiger partial charge < -0.3 is 4.42 Å². The van der Waals surface area contributed by atoms with Crippen LogP contribution in [0.4, 0.5) is 0 Å². The average Bonchev–Trinajstić information content (AvgIpc) is 2.28. The van der Waals surface area contributed by atoms with E-state index in [1.54, 1.807) is 18.2 Å². The van der Waals surface area contributed by atoms with Crippen molar-refractivity contribution in [2.75, 3.05) is 0 Å². The highest BCUT2D eigenvalue weighted by Crippen LogP contribution is 2.25. The van der Waals surface area contributed by atoms with Crippen LogP contribution >= 0.6 is 0 Å². The summed E-state index contributed by atoms with van der Waals surface area (Å²) in [5, 5.41) is 0.495. The standard InChI is InChI=1S/C14H12O3/c1-8-6-10(15)13-12(7-8)17-11-5-3-2-4-9(11)14(13)16/h2-5,8H,6-7H2,1H3. The molecule has 0 bridgehead atoms. The maximum Gasteiger partial charge on any atom is 0.203 e. The van der Waals surface area contributed by atoms with Crippen molar-refractivity contribution in [3.63, 3.8) is 0 Å². The Kier molecular flexibility index (Phi) is 2.15. The number of ketones is 1. The van der Waals surface area contributed by atoms with Gasteiger partial charge in [-0.1, -0.05) is 19.1 Å². The van der Waals surface area contributed by atoms with Crippen molar-refractivity contribution in [1.82, 2.24) is 0 Å². The quantitative estimate of drug-likeness (QED) is 0.696. The third kappa shape index (κ3) is 1.50. The van der Waals surface area contributed by atoms with E-state index < -0.39 is 0 Å². The van der Waals surface area contributed by atoms with E-state index in [2.05, 4.69) is 0 Å². The summed E-state index contributed by atoms with van der Waals surface area (Å²) in [6.07, 6.45) is 1.11. The Morgan fingerprint density at radius 1 is 1.18 bits per heavy atom. The summed E-state index contributed by atoms with van der Waals surface area (Å²) in [6.45, 7) is 2.00. The van der Waals surface area contributed by atoms with E-state index in [0.717, 1.165) is 0 Å². The predicted molar refractivity (Wildman–Crippen MR) is 64.3 cm³/mol. The Balaban J connectivity index is 2.40. The largest absolute Gasteiger partial charge is 0.460 e. The smallest absolute Gasteiger partial charge is 0.203 e. The number of para-hydroxylation sites is 1. The van der Waals surface area contributed by atoms with Crippen molar-refractivity contribution in [3.8, 4) is 0 Å². The van der Waals surface area contributed by atoms with Crippen molar-refractivity contribution in [2.24, 2.45) is 5.92 Å². The molecule has 0 N–H and O–H groups in total. The minimum atomic E-state index is -0.182. The summed E-state index contributed by atoms with van der Waals surface area (Å²) in [6, 6.07) is 7.07. The minimum Gasteiger partial charge on any atom is -0.460 e. The van der Waals surface area contributed by atoms with Gasteiger partial charge in [-0.2, -0.15) is 0 Å². The van der Waals surface area contributed by atoms with Gasteiger partial charge in [-0.05, 0) is 18.1 Å². The Hall–Kier alpha value is -1.90. The van der Waals surface area contributed by atoms with Gasteiger partial charge in [0.1, 0.15) is 16.9 Å². The number of hydrogen-bond donors (Lipinski definition) is 0. The van der Waals surface area contributed by atoms with Crippen LogP contribution in [-0.2, 0) is 6.42 Å². The van der Waals surface area contributed by atoms with Crippen LogP contribution in [-0.4, -0.2) is 5.78 Å². The van der Waals surface area contributed by atoms with Crippen molar-refractivity contribution in [3.05, 3.63) is 45.8 Å². The summed E-state index contributed by atoms with van der Waals surface area (Å²) >= 11 is 0. The van der Waals surface area contributed by atoms with Crippen LogP contribution in [0.1, 0.15) is 29.5 Å². The van der Waals surface area contributed by atoms with Gasteiger partial charge in [-0.25, -0.2) is 0 Å². The van der Waals surface area contributed by atoms with E-state index in [0.29, 0.717) is 29.6 Å². The molecule has 0 saturated carbocycles. The van der Waals surface area contributed by atoms with E-state index in [-0.39, 0.29) is 22.7 Å². The van der Waals surface area contributed by atoms with Gasteiger partial charge in [-0.3, -0.25) is 9.59 Å². The van der Waals surface area contributed by atoms with Gasteiger partial charge in [0, 0.05) is 12.8 Å². The molecule has 0 saturated heterocycles. The molecule has 1 unspecified atom stereocenters. The fraction of sp³-hybridized carbons (Fsp3) is 0.286. The van der Waals surface area contributed by atoms with Gasteiger partial charge in [0.2, 0.25) is 5.43 Å². The Bertz CT molecular complexity index is 667. The SMILES string of the molecule is CC1CC(=O)c2c(oc3ccccc3c2=O)C1. The zero-order valence-electron chi connectivity index (χ0n) is 9.53. The number of rotatable bonds is 0. The van der Waals surface area contributed by atoms with Gasteiger partial charge in [0.25, 0.3) is 0 Å². The second kappa shape index (κ2) is 3.55. The fourth-order valence-electron chi connectivity index (χ4n) is 2.42. The Morgan fingerprint density at radius 2 is 1.94 bits per heavy atom. The van der Waals surface area contributed by atoms with Gasteiger partial charge >= 0.3 is 0 Å². The van der Waals surface area contributed by atoms with Crippen LogP contribution < -0.4 is 5.43 Å². The van der Waals surface area contributed by atoms with Crippen molar-refractivity contribution < 1.29 is 9.21 Å². The molecule has 0 spiro atoms. The molecule has 3 heteroatoms. The molecule has 1 aromatic heterocycles. The third-order valence-electron chi connectivity index (χ3n) is 3.22. The molecule has 1 aromatic carbocycles. The molecule has 2 aromatic rings. The van der Waals surface area contributed by atoms with Crippen LogP contribution in [0.5, 0.6) is 0 Å². The first-order chi connectivity index (χ1) is 8.16. The topological polar surface area (TPSA) is 47.3 Å². The van der Waals surface area contributed by atoms with Crippen LogP contribution in [0, 0.1) is 5.92 Å². The first kappa shape index (κ1) is 10.3. The molecule has 1 aliphatic carbocycles. The van der Waals surface area contributed by atoms with Crippen LogP contribution in [0.3, 0.4) is 0 Å². The molecule has 17 heavy (non-hydrogen) atoms. The van der Waals surface area contributed by atoms with E-state index in [4.69, 9.17) is 4.42 Å². The lowest BCUT2D eigenvalue weighted by atomic mass is 9.87. The van der Waals surface area contributed by atoms with E-state index in [1.807, 2.05) is 13.0 Å². The monoisotopic (exact) mass is 228 g/mol. The number of carbonyl (C=O) groups excluding carboxylic acids is 1. The molecule has 86 valence electrons. The number of hydrogen-bond acceptors (Lipinski definition) is 3. The number of carbonyl (C=O) groups is 1. The zero-order valence-corrected chi connectivity index (χ0v) is 9.53. The molecule has 3 nitrogen and oxygen atoms in total. The van der Waals surface area contributed by atoms with E-state index >= 15 is 0 Å². The Morgan fingerprint density at radius 3 is 2.76 bits per heavy atom. The summed E-state index contributed by atoms with van der Waals surface area (Å²) < 4.78 is 5.69. The lowest BCUT2D eigenvalue weighted by Gasteiger charge is -2.18. The van der Waals surface area contributed by atoms with Gasteiger partial charge in [0.15, 0.2) is 5.78 Å². The van der Waals surface area contributed by atoms with Crippen LogP contribution in [0.25, 0.3) is 11.0 Å². The summed E-state index contributed by atoms with van der Waals surface area (Å²) in [4.78, 5) is 24.1. The molecular weight excluding hydrogens is 216 g/mol. The highest BCUT2D eigenvalue weighted by atomic mass is 16.3. The van der Waals surface area contributed by atoms with Crippen molar-refractivity contribution in [2.45, 2.75) is 19.8 Å². The maximum atomic E-state index is 12.2. The van der Waals surface area contributed by atoms with Crippen LogP contribution in [0.2, 0.25) is 0 Å². The molecule has 1 aliphatic rings. The average molecular weight is 228 g/mol. The first-order valence-electron chi connectivity index (χ1n) is 5.74. The van der Waals surface area contributed by atoms with E-state index in [1.165, 1.54) is 0 Å². The summed E-state index contributed by atoms with van der Waals surface area (Å²) in [7, 11) is 0. The molecule has 1 heterocycles. The van der Waals surface area contributed by atoms with E-state index in [9.17, 15) is 9.59 Å². The normalized spacial score (nSPS) is 19.4. The highest BCUT2D eigenvalue weighted by molar-refractivity contribution is 6.00. The summed E-state index contributed by atoms with van der Waals surface area (Å²) in [5.74, 6) is 0.718. The molecule has 0 fully saturated rings. The molecule has 3 rings (SSSR count). The van der Waals surface area contributed by atoms with Crippen LogP contribution in [0.15, 0.2) is 33.5 Å². The van der Waals surface area contributed by atoms with Crippen molar-refractivity contribution >= 4 is 16.8 Å². The first-order valence-corrected chi connectivity index (χ1v) is 5.74. The maximum absolute atomic E-state index is 12.2. The highest BCUT2D eigenvalue weighted by Gasteiger charge is 2.28. The predicted octanol–water partition coefficient (Wildman–Crippen LogP) is 2.56. The lowest BCUT2D eigenvalue weighted by molar-refractivity contribution is 0.0945. The second-order valence-electron chi connectivity index (χ2n) is 4.66. The number of fused-ring (bicyclic) bond motifs is 2. The van der Waals surface area contributed by atoms with Crippen molar-refractivity contribution in [1.29, 1.82) is 0 Å². The van der Waals surface area contributed by atoms with Gasteiger partial charge in [-0.15, -0.1) is 0 Å². The minimum absolute atomic E-state index is 0.0850. The van der Waals surface area contributed by atoms with Gasteiger partial charge in [0.05, 0.1) is 5.39 Å². The molecule has 0 radical (unpaired) electrons. The zero-order chi connectivity index (χ0) is 12.0. The molecule has 0 aliphatic heterocycles. The number of Topliss-reactive ketones (excluding diaryl/α,β-unsaturated/α-hetero) is 1.